The molecule has 6 heteroatoms. The van der Waals surface area contributed by atoms with E-state index in [0.717, 1.165) is 16.5 Å². The minimum absolute atomic E-state index is 0.408. The molecule has 0 saturated carbocycles. The number of nitrogens with zero attached hydrogens (tertiary/aromatic N) is 1. The second-order valence-corrected chi connectivity index (χ2v) is 5.26. The van der Waals surface area contributed by atoms with E-state index in [1.54, 1.807) is 6.20 Å². The lowest BCUT2D eigenvalue weighted by atomic mass is 10.1. The Bertz CT molecular complexity index is 653. The maximum absolute atomic E-state index is 11.5. The van der Waals surface area contributed by atoms with Gasteiger partial charge in [-0.3, -0.25) is 15.1 Å². The number of pyridine rings is 1. The van der Waals surface area contributed by atoms with Crippen molar-refractivity contribution < 1.29 is 9.59 Å². The summed E-state index contributed by atoms with van der Waals surface area (Å²) in [6, 6.07) is 9.26. The molecule has 0 radical (unpaired) electrons. The van der Waals surface area contributed by atoms with E-state index in [1.807, 2.05) is 30.3 Å². The molecule has 1 atom stereocenters. The number of carbonyl (C=O) groups excluding carboxylic acids is 2. The van der Waals surface area contributed by atoms with Crippen molar-refractivity contribution in [2.75, 3.05) is 6.54 Å². The summed E-state index contributed by atoms with van der Waals surface area (Å²) in [5.74, 6) is -0.513. The van der Waals surface area contributed by atoms with Gasteiger partial charge in [0.25, 0.3) is 0 Å². The molecule has 21 heavy (non-hydrogen) atoms. The van der Waals surface area contributed by atoms with E-state index < -0.39 is 17.3 Å². The maximum atomic E-state index is 11.5. The Morgan fingerprint density at radius 3 is 2.81 bits per heavy atom. The molecule has 2 rings (SSSR count). The summed E-state index contributed by atoms with van der Waals surface area (Å²) >= 11 is 5.57. The van der Waals surface area contributed by atoms with E-state index in [-0.39, 0.29) is 0 Å². The van der Waals surface area contributed by atoms with Gasteiger partial charge in [0.05, 0.1) is 5.52 Å². The Balaban J connectivity index is 1.91. The molecule has 0 bridgehead atoms. The van der Waals surface area contributed by atoms with Gasteiger partial charge in [-0.2, -0.15) is 0 Å². The average molecular weight is 306 g/mol. The van der Waals surface area contributed by atoms with Crippen molar-refractivity contribution in [3.63, 3.8) is 0 Å². The lowest BCUT2D eigenvalue weighted by Gasteiger charge is -2.08. The van der Waals surface area contributed by atoms with Gasteiger partial charge >= 0.3 is 6.03 Å². The Morgan fingerprint density at radius 1 is 1.29 bits per heavy atom. The summed E-state index contributed by atoms with van der Waals surface area (Å²) < 4.78 is 0. The molecule has 1 unspecified atom stereocenters. The number of imide groups is 1. The number of benzene rings is 1. The van der Waals surface area contributed by atoms with E-state index >= 15 is 0 Å². The summed E-state index contributed by atoms with van der Waals surface area (Å²) in [4.78, 5) is 27.1. The fourth-order valence-electron chi connectivity index (χ4n) is 1.94. The summed E-state index contributed by atoms with van der Waals surface area (Å²) in [5.41, 5.74) is 1.97. The van der Waals surface area contributed by atoms with Gasteiger partial charge in [-0.1, -0.05) is 24.3 Å². The molecule has 110 valence electrons. The minimum atomic E-state index is -0.738. The molecule has 2 aromatic rings. The van der Waals surface area contributed by atoms with Crippen LogP contribution < -0.4 is 10.6 Å². The van der Waals surface area contributed by atoms with Crippen molar-refractivity contribution >= 4 is 34.4 Å². The number of hydrogen-bond donors (Lipinski definition) is 2. The quantitative estimate of drug-likeness (QED) is 0.851. The van der Waals surface area contributed by atoms with E-state index in [1.165, 1.54) is 6.92 Å². The molecule has 1 aromatic heterocycles. The van der Waals surface area contributed by atoms with E-state index in [9.17, 15) is 9.59 Å². The highest BCUT2D eigenvalue weighted by atomic mass is 35.5. The number of fused-ring (bicyclic) bond motifs is 1. The number of amides is 3. The molecule has 1 aromatic carbocycles. The standard InChI is InChI=1S/C15H16ClN3O2/c1-10(16)14(20)19-15(21)18-9-7-12-5-2-4-11-6-3-8-17-13(11)12/h2-6,8,10H,7,9H2,1H3,(H2,18,19,20,21). The third-order valence-electron chi connectivity index (χ3n) is 2.99. The largest absolute Gasteiger partial charge is 0.337 e. The Morgan fingerprint density at radius 2 is 2.05 bits per heavy atom. The first kappa shape index (κ1) is 15.3. The van der Waals surface area contributed by atoms with Gasteiger partial charge in [-0.05, 0) is 25.0 Å². The topological polar surface area (TPSA) is 71.1 Å². The zero-order valence-electron chi connectivity index (χ0n) is 11.6. The molecule has 0 aliphatic carbocycles. The van der Waals surface area contributed by atoms with Crippen LogP contribution in [-0.4, -0.2) is 28.8 Å². The van der Waals surface area contributed by atoms with Crippen LogP contribution in [0.4, 0.5) is 4.79 Å². The molecule has 0 aliphatic rings. The zero-order chi connectivity index (χ0) is 15.2. The first-order chi connectivity index (χ1) is 10.1. The fourth-order valence-corrected chi connectivity index (χ4v) is 1.99. The van der Waals surface area contributed by atoms with Crippen molar-refractivity contribution in [1.82, 2.24) is 15.6 Å². The lowest BCUT2D eigenvalue weighted by Crippen LogP contribution is -2.42. The predicted molar refractivity (Wildman–Crippen MR) is 82.3 cm³/mol. The average Bonchev–Trinajstić information content (AvgIpc) is 2.47. The van der Waals surface area contributed by atoms with Crippen LogP contribution in [0.25, 0.3) is 10.9 Å². The Labute approximate surface area is 127 Å². The molecular weight excluding hydrogens is 290 g/mol. The highest BCUT2D eigenvalue weighted by Crippen LogP contribution is 2.15. The van der Waals surface area contributed by atoms with Gasteiger partial charge in [0.2, 0.25) is 5.91 Å². The van der Waals surface area contributed by atoms with E-state index in [2.05, 4.69) is 15.6 Å². The smallest absolute Gasteiger partial charge is 0.321 e. The van der Waals surface area contributed by atoms with Gasteiger partial charge in [-0.25, -0.2) is 4.79 Å². The third kappa shape index (κ3) is 4.16. The third-order valence-corrected chi connectivity index (χ3v) is 3.19. The second kappa shape index (κ2) is 7.04. The second-order valence-electron chi connectivity index (χ2n) is 4.60. The molecule has 2 N–H and O–H groups in total. The fraction of sp³-hybridized carbons (Fsp3) is 0.267. The molecule has 0 aliphatic heterocycles. The zero-order valence-corrected chi connectivity index (χ0v) is 12.4. The van der Waals surface area contributed by atoms with Crippen LogP contribution in [0.1, 0.15) is 12.5 Å². The van der Waals surface area contributed by atoms with Crippen molar-refractivity contribution in [2.45, 2.75) is 18.7 Å². The van der Waals surface area contributed by atoms with Crippen LogP contribution in [0.3, 0.4) is 0 Å². The summed E-state index contributed by atoms with van der Waals surface area (Å²) in [6.07, 6.45) is 2.37. The highest BCUT2D eigenvalue weighted by Gasteiger charge is 2.12. The van der Waals surface area contributed by atoms with Crippen LogP contribution in [0.5, 0.6) is 0 Å². The van der Waals surface area contributed by atoms with Crippen LogP contribution in [0.2, 0.25) is 0 Å². The Kier molecular flexibility index (Phi) is 5.11. The van der Waals surface area contributed by atoms with Crippen LogP contribution in [0.15, 0.2) is 36.5 Å². The summed E-state index contributed by atoms with van der Waals surface area (Å²) in [6.45, 7) is 1.91. The van der Waals surface area contributed by atoms with E-state index in [4.69, 9.17) is 11.6 Å². The lowest BCUT2D eigenvalue weighted by molar-refractivity contribution is -0.119. The summed E-state index contributed by atoms with van der Waals surface area (Å²) in [5, 5.41) is 5.11. The maximum Gasteiger partial charge on any atom is 0.321 e. The normalized spacial score (nSPS) is 11.9. The van der Waals surface area contributed by atoms with Crippen molar-refractivity contribution in [1.29, 1.82) is 0 Å². The number of alkyl halides is 1. The van der Waals surface area contributed by atoms with Crippen LogP contribution in [0, 0.1) is 0 Å². The molecule has 1 heterocycles. The van der Waals surface area contributed by atoms with Crippen molar-refractivity contribution in [3.8, 4) is 0 Å². The minimum Gasteiger partial charge on any atom is -0.337 e. The molecule has 3 amide bonds. The number of para-hydroxylation sites is 1. The SMILES string of the molecule is CC(Cl)C(=O)NC(=O)NCCc1cccc2cccnc12. The molecule has 0 spiro atoms. The number of halogens is 1. The monoisotopic (exact) mass is 305 g/mol. The van der Waals surface area contributed by atoms with Gasteiger partial charge in [0, 0.05) is 18.1 Å². The predicted octanol–water partition coefficient (Wildman–Crippen LogP) is 2.23. The molecule has 0 fully saturated rings. The van der Waals surface area contributed by atoms with Gasteiger partial charge in [-0.15, -0.1) is 11.6 Å². The number of rotatable bonds is 4. The number of urea groups is 1. The number of carbonyl (C=O) groups is 2. The molecule has 5 nitrogen and oxygen atoms in total. The molecular formula is C15H16ClN3O2. The van der Waals surface area contributed by atoms with Gasteiger partial charge in [0.1, 0.15) is 5.38 Å². The number of aromatic nitrogens is 1. The molecule has 0 saturated heterocycles. The first-order valence-corrected chi connectivity index (χ1v) is 7.07. The van der Waals surface area contributed by atoms with Gasteiger partial charge in [0.15, 0.2) is 0 Å². The number of nitrogens with one attached hydrogen (secondary N) is 2. The van der Waals surface area contributed by atoms with Crippen molar-refractivity contribution in [3.05, 3.63) is 42.1 Å². The first-order valence-electron chi connectivity index (χ1n) is 6.63. The highest BCUT2D eigenvalue weighted by molar-refractivity contribution is 6.31. The van der Waals surface area contributed by atoms with Crippen LogP contribution >= 0.6 is 11.6 Å². The van der Waals surface area contributed by atoms with Crippen LogP contribution in [-0.2, 0) is 11.2 Å². The van der Waals surface area contributed by atoms with E-state index in [0.29, 0.717) is 13.0 Å². The Hall–Kier alpha value is -2.14. The summed E-state index contributed by atoms with van der Waals surface area (Å²) in [7, 11) is 0. The number of hydrogen-bond acceptors (Lipinski definition) is 3. The van der Waals surface area contributed by atoms with Crippen molar-refractivity contribution in [2.24, 2.45) is 0 Å². The van der Waals surface area contributed by atoms with Gasteiger partial charge < -0.3 is 5.32 Å².